The topological polar surface area (TPSA) is 96.8 Å². The zero-order valence-electron chi connectivity index (χ0n) is 13.8. The van der Waals surface area contributed by atoms with E-state index in [4.69, 9.17) is 0 Å². The van der Waals surface area contributed by atoms with Gasteiger partial charge in [0, 0.05) is 29.2 Å². The Morgan fingerprint density at radius 1 is 1.17 bits per heavy atom. The van der Waals surface area contributed by atoms with Crippen LogP contribution in [-0.2, 0) is 17.1 Å². The van der Waals surface area contributed by atoms with Gasteiger partial charge in [0.05, 0.1) is 11.4 Å². The number of H-pyrrole nitrogens is 1. The van der Waals surface area contributed by atoms with E-state index in [1.54, 1.807) is 56.8 Å². The fourth-order valence-corrected chi connectivity index (χ4v) is 4.22. The maximum atomic E-state index is 12.7. The summed E-state index contributed by atoms with van der Waals surface area (Å²) in [5.74, 6) is 0. The minimum atomic E-state index is -3.75. The smallest absolute Gasteiger partial charge is 0.265 e. The quantitative estimate of drug-likeness (QED) is 0.758. The summed E-state index contributed by atoms with van der Waals surface area (Å²) in [6.45, 7) is 5.08. The number of benzene rings is 1. The summed E-state index contributed by atoms with van der Waals surface area (Å²) < 4.78 is 29.5. The molecular weight excluding hydrogens is 328 g/mol. The van der Waals surface area contributed by atoms with Crippen molar-refractivity contribution in [3.63, 3.8) is 0 Å². The number of nitrogens with one attached hydrogen (secondary N) is 2. The van der Waals surface area contributed by atoms with Gasteiger partial charge in [-0.3, -0.25) is 14.2 Å². The van der Waals surface area contributed by atoms with Gasteiger partial charge < -0.3 is 4.98 Å². The van der Waals surface area contributed by atoms with E-state index in [-0.39, 0.29) is 10.5 Å². The molecule has 0 saturated heterocycles. The monoisotopic (exact) mass is 346 g/mol. The second-order valence-electron chi connectivity index (χ2n) is 5.81. The van der Waals surface area contributed by atoms with Crippen molar-refractivity contribution in [3.05, 3.63) is 51.6 Å². The van der Waals surface area contributed by atoms with E-state index in [0.29, 0.717) is 28.2 Å². The number of aromatic amines is 1. The molecule has 3 rings (SSSR count). The molecule has 0 atom stereocenters. The lowest BCUT2D eigenvalue weighted by molar-refractivity contribution is 0.599. The van der Waals surface area contributed by atoms with Gasteiger partial charge in [0.15, 0.2) is 0 Å². The second kappa shape index (κ2) is 5.48. The van der Waals surface area contributed by atoms with Gasteiger partial charge in [-0.25, -0.2) is 8.42 Å². The number of anilines is 1. The Bertz CT molecular complexity index is 1110. The van der Waals surface area contributed by atoms with E-state index in [1.165, 1.54) is 0 Å². The first kappa shape index (κ1) is 16.3. The molecule has 0 spiro atoms. The van der Waals surface area contributed by atoms with Crippen LogP contribution in [0.1, 0.15) is 17.0 Å². The number of sulfonamides is 1. The van der Waals surface area contributed by atoms with Crippen LogP contribution in [0.25, 0.3) is 10.9 Å². The van der Waals surface area contributed by atoms with Crippen molar-refractivity contribution in [3.8, 4) is 0 Å². The molecule has 0 fully saturated rings. The maximum Gasteiger partial charge on any atom is 0.265 e. The van der Waals surface area contributed by atoms with Crippen molar-refractivity contribution in [2.24, 2.45) is 7.05 Å². The number of fused-ring (bicyclic) bond motifs is 1. The molecule has 2 N–H and O–H groups in total. The fraction of sp³-hybridized carbons (Fsp3) is 0.250. The van der Waals surface area contributed by atoms with Crippen LogP contribution in [0, 0.1) is 20.8 Å². The molecule has 0 aliphatic heterocycles. The van der Waals surface area contributed by atoms with Gasteiger partial charge in [0.1, 0.15) is 4.90 Å². The highest BCUT2D eigenvalue weighted by molar-refractivity contribution is 7.92. The molecule has 8 heteroatoms. The first-order valence-corrected chi connectivity index (χ1v) is 8.84. The molecule has 126 valence electrons. The van der Waals surface area contributed by atoms with Crippen molar-refractivity contribution in [1.29, 1.82) is 0 Å². The standard InChI is InChI=1S/C16H18N4O3S/c1-9-7-12-8-13(5-6-14(12)17-16(9)21)19-24(22,23)15-10(2)18-20(4)11(15)3/h5-8,19H,1-4H3,(H,17,21). The lowest BCUT2D eigenvalue weighted by atomic mass is 10.1. The zero-order chi connectivity index (χ0) is 17.6. The van der Waals surface area contributed by atoms with E-state index in [2.05, 4.69) is 14.8 Å². The molecule has 3 aromatic rings. The Morgan fingerprint density at radius 3 is 2.50 bits per heavy atom. The van der Waals surface area contributed by atoms with Crippen LogP contribution in [0.3, 0.4) is 0 Å². The maximum absolute atomic E-state index is 12.7. The summed E-state index contributed by atoms with van der Waals surface area (Å²) >= 11 is 0. The number of rotatable bonds is 3. The molecule has 1 aromatic carbocycles. The van der Waals surface area contributed by atoms with Crippen LogP contribution in [0.4, 0.5) is 5.69 Å². The summed E-state index contributed by atoms with van der Waals surface area (Å²) in [6, 6.07) is 6.71. The van der Waals surface area contributed by atoms with Gasteiger partial charge in [-0.1, -0.05) is 0 Å². The second-order valence-corrected chi connectivity index (χ2v) is 7.43. The third-order valence-electron chi connectivity index (χ3n) is 3.99. The zero-order valence-corrected chi connectivity index (χ0v) is 14.7. The van der Waals surface area contributed by atoms with Crippen LogP contribution < -0.4 is 10.3 Å². The fourth-order valence-electron chi connectivity index (χ4n) is 2.73. The SMILES string of the molecule is Cc1nn(C)c(C)c1S(=O)(=O)Nc1ccc2[nH]c(=O)c(C)cc2c1. The summed E-state index contributed by atoms with van der Waals surface area (Å²) in [4.78, 5) is 14.6. The Balaban J connectivity index is 2.05. The lowest BCUT2D eigenvalue weighted by Crippen LogP contribution is -2.15. The van der Waals surface area contributed by atoms with Crippen molar-refractivity contribution < 1.29 is 8.42 Å². The molecular formula is C16H18N4O3S. The summed E-state index contributed by atoms with van der Waals surface area (Å²) in [7, 11) is -2.04. The average molecular weight is 346 g/mol. The minimum absolute atomic E-state index is 0.155. The first-order valence-electron chi connectivity index (χ1n) is 7.36. The molecule has 2 aromatic heterocycles. The molecule has 0 bridgehead atoms. The summed E-state index contributed by atoms with van der Waals surface area (Å²) in [6.07, 6.45) is 0. The molecule has 0 unspecified atom stereocenters. The molecule has 0 amide bonds. The van der Waals surface area contributed by atoms with Gasteiger partial charge in [-0.15, -0.1) is 0 Å². The number of nitrogens with zero attached hydrogens (tertiary/aromatic N) is 2. The number of aromatic nitrogens is 3. The van der Waals surface area contributed by atoms with Crippen molar-refractivity contribution in [2.75, 3.05) is 4.72 Å². The highest BCUT2D eigenvalue weighted by Crippen LogP contribution is 2.24. The van der Waals surface area contributed by atoms with E-state index in [0.717, 1.165) is 5.39 Å². The molecule has 0 aliphatic carbocycles. The Hall–Kier alpha value is -2.61. The molecule has 24 heavy (non-hydrogen) atoms. The number of hydrogen-bond acceptors (Lipinski definition) is 4. The van der Waals surface area contributed by atoms with Crippen molar-refractivity contribution >= 4 is 26.6 Å². The molecule has 0 radical (unpaired) electrons. The Kier molecular flexibility index (Phi) is 3.71. The van der Waals surface area contributed by atoms with Crippen LogP contribution in [0.15, 0.2) is 34.0 Å². The van der Waals surface area contributed by atoms with Crippen LogP contribution >= 0.6 is 0 Å². The van der Waals surface area contributed by atoms with Gasteiger partial charge in [0.25, 0.3) is 15.6 Å². The van der Waals surface area contributed by atoms with E-state index < -0.39 is 10.0 Å². The van der Waals surface area contributed by atoms with Crippen LogP contribution in [0.5, 0.6) is 0 Å². The first-order chi connectivity index (χ1) is 11.2. The van der Waals surface area contributed by atoms with Gasteiger partial charge in [-0.05, 0) is 45.0 Å². The Morgan fingerprint density at radius 2 is 1.88 bits per heavy atom. The number of pyridine rings is 1. The van der Waals surface area contributed by atoms with Crippen LogP contribution in [-0.4, -0.2) is 23.2 Å². The average Bonchev–Trinajstić information content (AvgIpc) is 2.73. The van der Waals surface area contributed by atoms with Crippen molar-refractivity contribution in [2.45, 2.75) is 25.7 Å². The van der Waals surface area contributed by atoms with Gasteiger partial charge >= 0.3 is 0 Å². The van der Waals surface area contributed by atoms with Crippen LogP contribution in [0.2, 0.25) is 0 Å². The Labute approximate surface area is 139 Å². The minimum Gasteiger partial charge on any atom is -0.322 e. The van der Waals surface area contributed by atoms with E-state index in [1.807, 2.05) is 0 Å². The third-order valence-corrected chi connectivity index (χ3v) is 5.63. The highest BCUT2D eigenvalue weighted by atomic mass is 32.2. The number of hydrogen-bond donors (Lipinski definition) is 2. The van der Waals surface area contributed by atoms with E-state index in [9.17, 15) is 13.2 Å². The predicted molar refractivity (Wildman–Crippen MR) is 92.8 cm³/mol. The lowest BCUT2D eigenvalue weighted by Gasteiger charge is -2.09. The predicted octanol–water partition coefficient (Wildman–Crippen LogP) is 1.99. The van der Waals surface area contributed by atoms with Gasteiger partial charge in [0.2, 0.25) is 0 Å². The number of aryl methyl sites for hydroxylation is 3. The summed E-state index contributed by atoms with van der Waals surface area (Å²) in [5.41, 5.74) is 2.52. The van der Waals surface area contributed by atoms with E-state index >= 15 is 0 Å². The van der Waals surface area contributed by atoms with Gasteiger partial charge in [-0.2, -0.15) is 5.10 Å². The molecule has 0 saturated carbocycles. The summed E-state index contributed by atoms with van der Waals surface area (Å²) in [5, 5.41) is 4.90. The highest BCUT2D eigenvalue weighted by Gasteiger charge is 2.23. The molecule has 2 heterocycles. The molecule has 7 nitrogen and oxygen atoms in total. The molecule has 0 aliphatic rings. The normalized spacial score (nSPS) is 11.8. The van der Waals surface area contributed by atoms with Crippen molar-refractivity contribution in [1.82, 2.24) is 14.8 Å². The largest absolute Gasteiger partial charge is 0.322 e. The third kappa shape index (κ3) is 2.69.